The predicted octanol–water partition coefficient (Wildman–Crippen LogP) is 2.96. The molecule has 1 aromatic rings. The summed E-state index contributed by atoms with van der Waals surface area (Å²) in [4.78, 5) is 14.4. The molecule has 118 valence electrons. The lowest BCUT2D eigenvalue weighted by atomic mass is 10.0. The number of carbonyl (C=O) groups is 1. The Morgan fingerprint density at radius 3 is 2.00 bits per heavy atom. The summed E-state index contributed by atoms with van der Waals surface area (Å²) in [5.41, 5.74) is 0.113. The van der Waals surface area contributed by atoms with E-state index in [0.29, 0.717) is 28.1 Å². The van der Waals surface area contributed by atoms with E-state index in [1.54, 1.807) is 31.2 Å². The maximum atomic E-state index is 12.7. The van der Waals surface area contributed by atoms with Gasteiger partial charge in [-0.1, -0.05) is 15.9 Å². The minimum atomic E-state index is -0.324. The molecule has 0 saturated carbocycles. The Kier molecular flexibility index (Phi) is 5.89. The number of hydrogen-bond donors (Lipinski definition) is 0. The molecule has 0 heterocycles. The molecule has 0 atom stereocenters. The van der Waals surface area contributed by atoms with Gasteiger partial charge >= 0.3 is 0 Å². The van der Waals surface area contributed by atoms with E-state index in [1.165, 1.54) is 14.2 Å². The zero-order chi connectivity index (χ0) is 16.2. The van der Waals surface area contributed by atoms with Crippen LogP contribution in [0.4, 0.5) is 0 Å². The summed E-state index contributed by atoms with van der Waals surface area (Å²) >= 11 is 3.43. The summed E-state index contributed by atoms with van der Waals surface area (Å²) in [6.07, 6.45) is 0. The first-order chi connectivity index (χ1) is 9.82. The third-order valence-corrected chi connectivity index (χ3v) is 4.85. The molecule has 6 heteroatoms. The fourth-order valence-corrected chi connectivity index (χ4v) is 2.12. The van der Waals surface area contributed by atoms with Crippen LogP contribution in [0.2, 0.25) is 0 Å². The number of amides is 1. The first-order valence-electron chi connectivity index (χ1n) is 6.46. The highest BCUT2D eigenvalue weighted by atomic mass is 79.9. The van der Waals surface area contributed by atoms with Gasteiger partial charge in [-0.25, -0.2) is 0 Å². The SMILES string of the molecule is COc1cc(OC)c(C(=O)N(C)C(C)(C)CBr)cc1OC. The Morgan fingerprint density at radius 2 is 1.57 bits per heavy atom. The quantitative estimate of drug-likeness (QED) is 0.732. The standard InChI is InChI=1S/C15H22BrNO4/c1-15(2,9-16)17(3)14(18)10-7-12(20-5)13(21-6)8-11(10)19-4/h7-8H,9H2,1-6H3. The summed E-state index contributed by atoms with van der Waals surface area (Å²) in [5.74, 6) is 1.33. The number of alkyl halides is 1. The van der Waals surface area contributed by atoms with Crippen LogP contribution in [0.25, 0.3) is 0 Å². The van der Waals surface area contributed by atoms with Crippen molar-refractivity contribution in [3.8, 4) is 17.2 Å². The number of halogens is 1. The minimum Gasteiger partial charge on any atom is -0.496 e. The molecular formula is C15H22BrNO4. The molecule has 1 amide bonds. The molecule has 21 heavy (non-hydrogen) atoms. The molecule has 0 aliphatic heterocycles. The summed E-state index contributed by atoms with van der Waals surface area (Å²) in [6, 6.07) is 3.29. The molecule has 0 bridgehead atoms. The maximum Gasteiger partial charge on any atom is 0.257 e. The van der Waals surface area contributed by atoms with Crippen LogP contribution < -0.4 is 14.2 Å². The van der Waals surface area contributed by atoms with Gasteiger partial charge in [0.1, 0.15) is 5.75 Å². The van der Waals surface area contributed by atoms with Crippen molar-refractivity contribution in [2.24, 2.45) is 0 Å². The molecule has 0 radical (unpaired) electrons. The highest BCUT2D eigenvalue weighted by Crippen LogP contribution is 2.35. The van der Waals surface area contributed by atoms with Crippen molar-refractivity contribution in [1.29, 1.82) is 0 Å². The van der Waals surface area contributed by atoms with E-state index < -0.39 is 0 Å². The van der Waals surface area contributed by atoms with Crippen LogP contribution in [-0.2, 0) is 0 Å². The topological polar surface area (TPSA) is 48.0 Å². The third-order valence-electron chi connectivity index (χ3n) is 3.48. The summed E-state index contributed by atoms with van der Waals surface area (Å²) < 4.78 is 15.8. The summed E-state index contributed by atoms with van der Waals surface area (Å²) in [7, 11) is 6.36. The molecule has 0 aromatic heterocycles. The van der Waals surface area contributed by atoms with E-state index >= 15 is 0 Å². The maximum absolute atomic E-state index is 12.7. The first-order valence-corrected chi connectivity index (χ1v) is 7.58. The lowest BCUT2D eigenvalue weighted by molar-refractivity contribution is 0.0659. The van der Waals surface area contributed by atoms with Gasteiger partial charge in [-0.05, 0) is 13.8 Å². The van der Waals surface area contributed by atoms with Gasteiger partial charge in [0.15, 0.2) is 11.5 Å². The molecule has 0 N–H and O–H groups in total. The Morgan fingerprint density at radius 1 is 1.10 bits per heavy atom. The van der Waals surface area contributed by atoms with Gasteiger partial charge in [0.25, 0.3) is 5.91 Å². The lowest BCUT2D eigenvalue weighted by Crippen LogP contribution is -2.46. The number of carbonyl (C=O) groups excluding carboxylic acids is 1. The molecular weight excluding hydrogens is 338 g/mol. The van der Waals surface area contributed by atoms with E-state index in [2.05, 4.69) is 15.9 Å². The van der Waals surface area contributed by atoms with Gasteiger partial charge in [0.05, 0.1) is 26.9 Å². The van der Waals surface area contributed by atoms with Crippen molar-refractivity contribution < 1.29 is 19.0 Å². The van der Waals surface area contributed by atoms with Gasteiger partial charge in [-0.2, -0.15) is 0 Å². The normalized spacial score (nSPS) is 11.0. The number of hydrogen-bond acceptors (Lipinski definition) is 4. The van der Waals surface area contributed by atoms with Crippen molar-refractivity contribution in [2.45, 2.75) is 19.4 Å². The van der Waals surface area contributed by atoms with Crippen LogP contribution >= 0.6 is 15.9 Å². The van der Waals surface area contributed by atoms with Crippen LogP contribution in [-0.4, -0.2) is 50.1 Å². The average Bonchev–Trinajstić information content (AvgIpc) is 2.51. The van der Waals surface area contributed by atoms with Gasteiger partial charge < -0.3 is 19.1 Å². The van der Waals surface area contributed by atoms with Crippen LogP contribution in [0, 0.1) is 0 Å². The molecule has 0 spiro atoms. The van der Waals surface area contributed by atoms with Crippen molar-refractivity contribution in [3.63, 3.8) is 0 Å². The average molecular weight is 360 g/mol. The van der Waals surface area contributed by atoms with Crippen molar-refractivity contribution >= 4 is 21.8 Å². The second kappa shape index (κ2) is 7.02. The molecule has 0 saturated heterocycles. The molecule has 0 aliphatic rings. The van der Waals surface area contributed by atoms with E-state index in [9.17, 15) is 4.79 Å². The van der Waals surface area contributed by atoms with Crippen molar-refractivity contribution in [3.05, 3.63) is 17.7 Å². The Balaban J connectivity index is 3.31. The molecule has 1 aromatic carbocycles. The fraction of sp³-hybridized carbons (Fsp3) is 0.533. The van der Waals surface area contributed by atoms with Gasteiger partial charge in [0.2, 0.25) is 0 Å². The highest BCUT2D eigenvalue weighted by Gasteiger charge is 2.29. The zero-order valence-corrected chi connectivity index (χ0v) is 14.9. The van der Waals surface area contributed by atoms with Gasteiger partial charge in [-0.15, -0.1) is 0 Å². The molecule has 0 unspecified atom stereocenters. The number of nitrogens with zero attached hydrogens (tertiary/aromatic N) is 1. The monoisotopic (exact) mass is 359 g/mol. The lowest BCUT2D eigenvalue weighted by Gasteiger charge is -2.34. The zero-order valence-electron chi connectivity index (χ0n) is 13.3. The summed E-state index contributed by atoms with van der Waals surface area (Å²) in [5, 5.41) is 0.665. The van der Waals surface area contributed by atoms with E-state index in [-0.39, 0.29) is 11.4 Å². The number of methoxy groups -OCH3 is 3. The second-order valence-electron chi connectivity index (χ2n) is 5.22. The molecule has 0 fully saturated rings. The Hall–Kier alpha value is -1.43. The number of benzene rings is 1. The van der Waals surface area contributed by atoms with Crippen LogP contribution in [0.1, 0.15) is 24.2 Å². The Bertz CT molecular complexity index is 517. The van der Waals surface area contributed by atoms with Crippen molar-refractivity contribution in [1.82, 2.24) is 4.90 Å². The molecule has 1 rings (SSSR count). The minimum absolute atomic E-state index is 0.141. The van der Waals surface area contributed by atoms with E-state index in [4.69, 9.17) is 14.2 Å². The predicted molar refractivity (Wildman–Crippen MR) is 86.1 cm³/mol. The smallest absolute Gasteiger partial charge is 0.257 e. The van der Waals surface area contributed by atoms with Crippen LogP contribution in [0.3, 0.4) is 0 Å². The van der Waals surface area contributed by atoms with Crippen LogP contribution in [0.5, 0.6) is 17.2 Å². The Labute approximate surface area is 134 Å². The van der Waals surface area contributed by atoms with Gasteiger partial charge in [0, 0.05) is 30.0 Å². The third kappa shape index (κ3) is 3.61. The largest absolute Gasteiger partial charge is 0.496 e. The highest BCUT2D eigenvalue weighted by molar-refractivity contribution is 9.09. The summed E-state index contributed by atoms with van der Waals surface area (Å²) in [6.45, 7) is 3.96. The van der Waals surface area contributed by atoms with E-state index in [0.717, 1.165) is 0 Å². The number of ether oxygens (including phenoxy) is 3. The molecule has 0 aliphatic carbocycles. The fourth-order valence-electron chi connectivity index (χ4n) is 1.74. The molecule has 5 nitrogen and oxygen atoms in total. The van der Waals surface area contributed by atoms with E-state index in [1.807, 2.05) is 13.8 Å². The second-order valence-corrected chi connectivity index (χ2v) is 5.78. The first kappa shape index (κ1) is 17.6. The van der Waals surface area contributed by atoms with Gasteiger partial charge in [-0.3, -0.25) is 4.79 Å². The van der Waals surface area contributed by atoms with Crippen molar-refractivity contribution in [2.75, 3.05) is 33.7 Å². The number of rotatable bonds is 6. The van der Waals surface area contributed by atoms with Crippen LogP contribution in [0.15, 0.2) is 12.1 Å².